The molecule has 4 heterocycles. The minimum Gasteiger partial charge on any atom is -0.394 e. The zero-order chi connectivity index (χ0) is 57.7. The number of hydrogen-bond acceptors (Lipinski definition) is 24. The highest BCUT2D eigenvalue weighted by Gasteiger charge is 2.77. The van der Waals surface area contributed by atoms with Gasteiger partial charge in [0.1, 0.15) is 91.6 Å². The molecule has 24 nitrogen and oxygen atoms in total. The van der Waals surface area contributed by atoms with Crippen molar-refractivity contribution in [2.45, 2.75) is 266 Å². The van der Waals surface area contributed by atoms with Gasteiger partial charge in [-0.3, -0.25) is 0 Å². The van der Waals surface area contributed by atoms with E-state index in [2.05, 4.69) is 13.8 Å². The molecule has 8 rings (SSSR count). The van der Waals surface area contributed by atoms with Crippen LogP contribution in [0.4, 0.5) is 0 Å². The molecule has 8 aliphatic rings. The van der Waals surface area contributed by atoms with Crippen molar-refractivity contribution in [3.8, 4) is 0 Å². The van der Waals surface area contributed by atoms with Crippen LogP contribution in [-0.2, 0) is 37.9 Å². The molecule has 8 fully saturated rings. The predicted molar refractivity (Wildman–Crippen MR) is 268 cm³/mol. The number of allylic oxidation sites excluding steroid dienone is 2. The molecule has 31 atom stereocenters. The quantitative estimate of drug-likeness (QED) is 0.0571. The van der Waals surface area contributed by atoms with Crippen LogP contribution in [0, 0.1) is 39.4 Å². The van der Waals surface area contributed by atoms with Crippen LogP contribution in [0.25, 0.3) is 0 Å². The molecule has 78 heavy (non-hydrogen) atoms. The second-order valence-corrected chi connectivity index (χ2v) is 26.0. The summed E-state index contributed by atoms with van der Waals surface area (Å²) in [5.41, 5.74) is -6.10. The lowest BCUT2D eigenvalue weighted by Gasteiger charge is -2.72. The van der Waals surface area contributed by atoms with Crippen LogP contribution in [0.5, 0.6) is 0 Å². The molecule has 4 saturated carbocycles. The average molecular weight is 1130 g/mol. The van der Waals surface area contributed by atoms with Crippen LogP contribution in [0.1, 0.15) is 114 Å². The van der Waals surface area contributed by atoms with Gasteiger partial charge in [0.05, 0.1) is 55.4 Å². The molecule has 4 aliphatic carbocycles. The number of rotatable bonds is 15. The van der Waals surface area contributed by atoms with E-state index in [9.17, 15) is 81.7 Å². The molecular weight excluding hydrogens is 1030 g/mol. The van der Waals surface area contributed by atoms with E-state index in [4.69, 9.17) is 37.9 Å². The van der Waals surface area contributed by atoms with Crippen LogP contribution in [0.15, 0.2) is 11.6 Å². The van der Waals surface area contributed by atoms with Crippen LogP contribution in [0.3, 0.4) is 0 Å². The lowest BCUT2D eigenvalue weighted by molar-refractivity contribution is -0.394. The molecule has 4 saturated heterocycles. The van der Waals surface area contributed by atoms with Crippen molar-refractivity contribution in [1.29, 1.82) is 0 Å². The Morgan fingerprint density at radius 1 is 0.603 bits per heavy atom. The summed E-state index contributed by atoms with van der Waals surface area (Å²) < 4.78 is 49.7. The first kappa shape index (κ1) is 62.8. The van der Waals surface area contributed by atoms with E-state index in [1.54, 1.807) is 6.92 Å². The van der Waals surface area contributed by atoms with Gasteiger partial charge in [-0.05, 0) is 113 Å². The Kier molecular flexibility index (Phi) is 18.5. The summed E-state index contributed by atoms with van der Waals surface area (Å²) in [5.74, 6) is -1.68. The summed E-state index contributed by atoms with van der Waals surface area (Å²) in [7, 11) is 0. The van der Waals surface area contributed by atoms with Crippen molar-refractivity contribution in [2.24, 2.45) is 39.4 Å². The third-order valence-electron chi connectivity index (χ3n) is 20.9. The number of fused-ring (bicyclic) bond motifs is 5. The molecular formula is C54H92O24. The standard InChI is InChI=1S/C54H92O24/c1-22(2)11-10-13-53(9,78-48-42(77-47-41(69)37(65)33(61)27(20-56)75-47)38(66)34(62)28(76-48)21-71-45-39(67)35(63)31(59)23(3)72-45)54(70)16-15-51(7)43(54)24(57)17-29-50(6)14-12-30(58)49(4,5)44(50)25(18-52(29,51)8)73-46-40(68)36(64)32(60)26(19-55)74-46/h11,23-48,55-70H,10,12-21H2,1-9H3. The predicted octanol–water partition coefficient (Wildman–Crippen LogP) is -3.09. The third kappa shape index (κ3) is 10.4. The summed E-state index contributed by atoms with van der Waals surface area (Å²) in [5, 5.41) is 180. The molecule has 31 unspecified atom stereocenters. The maximum Gasteiger partial charge on any atom is 0.187 e. The highest BCUT2D eigenvalue weighted by molar-refractivity contribution is 5.26. The first-order chi connectivity index (χ1) is 36.3. The zero-order valence-corrected chi connectivity index (χ0v) is 46.3. The van der Waals surface area contributed by atoms with E-state index < -0.39 is 206 Å². The fraction of sp³-hybridized carbons (Fsp3) is 0.963. The summed E-state index contributed by atoms with van der Waals surface area (Å²) in [6, 6.07) is 0. The van der Waals surface area contributed by atoms with E-state index >= 15 is 0 Å². The molecule has 0 aromatic carbocycles. The molecule has 24 heteroatoms. The first-order valence-electron chi connectivity index (χ1n) is 27.9. The van der Waals surface area contributed by atoms with E-state index in [0.717, 1.165) is 5.57 Å². The number of hydrogen-bond donors (Lipinski definition) is 16. The van der Waals surface area contributed by atoms with Gasteiger partial charge in [-0.1, -0.05) is 46.3 Å². The van der Waals surface area contributed by atoms with Gasteiger partial charge in [0.15, 0.2) is 25.2 Å². The van der Waals surface area contributed by atoms with Gasteiger partial charge in [0.2, 0.25) is 0 Å². The average Bonchev–Trinajstić information content (AvgIpc) is 3.61. The Hall–Kier alpha value is -1.22. The largest absolute Gasteiger partial charge is 0.394 e. The second-order valence-electron chi connectivity index (χ2n) is 26.0. The number of aliphatic hydroxyl groups is 16. The van der Waals surface area contributed by atoms with E-state index in [1.807, 2.05) is 40.7 Å². The van der Waals surface area contributed by atoms with Crippen molar-refractivity contribution in [3.63, 3.8) is 0 Å². The molecule has 0 radical (unpaired) electrons. The lowest BCUT2D eigenvalue weighted by Crippen LogP contribution is -2.73. The maximum absolute atomic E-state index is 14.0. The maximum atomic E-state index is 14.0. The van der Waals surface area contributed by atoms with Gasteiger partial charge in [-0.25, -0.2) is 0 Å². The highest BCUT2D eigenvalue weighted by atomic mass is 16.8. The Morgan fingerprint density at radius 2 is 1.14 bits per heavy atom. The summed E-state index contributed by atoms with van der Waals surface area (Å²) >= 11 is 0. The summed E-state index contributed by atoms with van der Waals surface area (Å²) in [6.45, 7) is 14.9. The lowest BCUT2D eigenvalue weighted by atomic mass is 9.34. The molecule has 0 amide bonds. The Balaban J connectivity index is 1.18. The first-order valence-corrected chi connectivity index (χ1v) is 27.9. The van der Waals surface area contributed by atoms with Crippen molar-refractivity contribution < 1.29 is 120 Å². The van der Waals surface area contributed by atoms with Crippen LogP contribution in [-0.4, -0.2) is 254 Å². The fourth-order valence-corrected chi connectivity index (χ4v) is 16.2. The topological polar surface area (TPSA) is 398 Å². The molecule has 0 aromatic heterocycles. The summed E-state index contributed by atoms with van der Waals surface area (Å²) in [4.78, 5) is 0. The number of aliphatic hydroxyl groups excluding tert-OH is 15. The van der Waals surface area contributed by atoms with Gasteiger partial charge in [-0.15, -0.1) is 0 Å². The zero-order valence-electron chi connectivity index (χ0n) is 46.3. The van der Waals surface area contributed by atoms with E-state index in [1.165, 1.54) is 6.92 Å². The smallest absolute Gasteiger partial charge is 0.187 e. The minimum atomic E-state index is -2.01. The van der Waals surface area contributed by atoms with Gasteiger partial charge in [0, 0.05) is 5.92 Å². The number of ether oxygens (including phenoxy) is 8. The molecule has 452 valence electrons. The highest BCUT2D eigenvalue weighted by Crippen LogP contribution is 2.77. The monoisotopic (exact) mass is 1120 g/mol. The van der Waals surface area contributed by atoms with Crippen molar-refractivity contribution in [1.82, 2.24) is 0 Å². The van der Waals surface area contributed by atoms with Gasteiger partial charge >= 0.3 is 0 Å². The van der Waals surface area contributed by atoms with Crippen molar-refractivity contribution >= 4 is 0 Å². The Morgan fingerprint density at radius 3 is 1.72 bits per heavy atom. The Labute approximate surface area is 455 Å². The van der Waals surface area contributed by atoms with Crippen molar-refractivity contribution in [2.75, 3.05) is 19.8 Å². The van der Waals surface area contributed by atoms with Crippen LogP contribution in [0.2, 0.25) is 0 Å². The normalized spacial score (nSPS) is 54.1. The summed E-state index contributed by atoms with van der Waals surface area (Å²) in [6.07, 6.45) is -32.3. The van der Waals surface area contributed by atoms with Gasteiger partial charge < -0.3 is 120 Å². The van der Waals surface area contributed by atoms with Crippen LogP contribution >= 0.6 is 0 Å². The molecule has 0 spiro atoms. The van der Waals surface area contributed by atoms with Crippen LogP contribution < -0.4 is 0 Å². The molecule has 4 aliphatic heterocycles. The molecule has 16 N–H and O–H groups in total. The minimum absolute atomic E-state index is 0.0212. The molecule has 0 aromatic rings. The molecule has 0 bridgehead atoms. The van der Waals surface area contributed by atoms with Crippen molar-refractivity contribution in [3.05, 3.63) is 11.6 Å². The van der Waals surface area contributed by atoms with E-state index in [0.29, 0.717) is 25.7 Å². The van der Waals surface area contributed by atoms with Gasteiger partial charge in [0.25, 0.3) is 0 Å². The SMILES string of the molecule is CC(C)=CCCC(C)(OC1OC(COC2OC(C)C(O)C(O)C2O)C(O)C(O)C1OC1OC(CO)C(O)C(O)C1O)C1(O)CCC2(C)C1C(O)CC1C3(C)CCC(O)C(C)(C)C3C(OC3OC(CO)C(O)C(O)C3O)CC12C. The Bertz CT molecular complexity index is 2060. The third-order valence-corrected chi connectivity index (χ3v) is 20.9. The van der Waals surface area contributed by atoms with Gasteiger partial charge in [-0.2, -0.15) is 0 Å². The fourth-order valence-electron chi connectivity index (χ4n) is 16.2. The second kappa shape index (κ2) is 23.0. The van der Waals surface area contributed by atoms with E-state index in [-0.39, 0.29) is 31.6 Å².